The predicted octanol–water partition coefficient (Wildman–Crippen LogP) is 4.83. The van der Waals surface area contributed by atoms with Crippen LogP contribution in [0.25, 0.3) is 10.9 Å². The van der Waals surface area contributed by atoms with Gasteiger partial charge in [-0.05, 0) is 31.2 Å². The molecule has 1 saturated heterocycles. The summed E-state index contributed by atoms with van der Waals surface area (Å²) in [6.07, 6.45) is -0.627. The van der Waals surface area contributed by atoms with Crippen LogP contribution in [0.3, 0.4) is 0 Å². The molecule has 3 aromatic rings. The molecular weight excluding hydrogens is 503 g/mol. The molecule has 2 aromatic heterocycles. The first-order chi connectivity index (χ1) is 16.5. The van der Waals surface area contributed by atoms with Crippen molar-refractivity contribution < 1.29 is 18.3 Å². The first kappa shape index (κ1) is 25.1. The SMILES string of the molecule is COC(=O)c1nc(Cl)ccc1NC(C)c1cc(Cl)cc2c(=O)n(C)c(N3CCC(F)(F)CC3)nc12. The monoisotopic (exact) mass is 525 g/mol. The van der Waals surface area contributed by atoms with Crippen LogP contribution in [0, 0.1) is 0 Å². The Hall–Kier alpha value is -2.98. The number of nitrogens with zero attached hydrogens (tertiary/aromatic N) is 4. The minimum absolute atomic E-state index is 0.00279. The number of fused-ring (bicyclic) bond motifs is 1. The predicted molar refractivity (Wildman–Crippen MR) is 131 cm³/mol. The summed E-state index contributed by atoms with van der Waals surface area (Å²) in [5.41, 5.74) is 0.980. The Labute approximate surface area is 209 Å². The van der Waals surface area contributed by atoms with Crippen molar-refractivity contribution >= 4 is 51.7 Å². The Morgan fingerprint density at radius 3 is 2.54 bits per heavy atom. The summed E-state index contributed by atoms with van der Waals surface area (Å²) in [5.74, 6) is -3.10. The third kappa shape index (κ3) is 5.04. The van der Waals surface area contributed by atoms with Gasteiger partial charge in [-0.1, -0.05) is 23.2 Å². The Balaban J connectivity index is 1.79. The fourth-order valence-corrected chi connectivity index (χ4v) is 4.49. The van der Waals surface area contributed by atoms with Gasteiger partial charge in [0.05, 0.1) is 29.7 Å². The van der Waals surface area contributed by atoms with Crippen molar-refractivity contribution in [2.75, 3.05) is 30.4 Å². The lowest BCUT2D eigenvalue weighted by Crippen LogP contribution is -2.42. The zero-order valence-electron chi connectivity index (χ0n) is 19.2. The van der Waals surface area contributed by atoms with Crippen LogP contribution < -0.4 is 15.8 Å². The largest absolute Gasteiger partial charge is 0.464 e. The number of esters is 1. The minimum atomic E-state index is -2.73. The van der Waals surface area contributed by atoms with E-state index in [0.29, 0.717) is 27.7 Å². The summed E-state index contributed by atoms with van der Waals surface area (Å²) >= 11 is 12.3. The number of hydrogen-bond acceptors (Lipinski definition) is 7. The molecule has 0 bridgehead atoms. The third-order valence-corrected chi connectivity index (χ3v) is 6.44. The Bertz CT molecular complexity index is 1360. The molecular formula is C23H23Cl2F2N5O3. The van der Waals surface area contributed by atoms with Crippen molar-refractivity contribution in [3.63, 3.8) is 0 Å². The third-order valence-electron chi connectivity index (χ3n) is 6.01. The molecule has 0 saturated carbocycles. The molecule has 0 spiro atoms. The number of carbonyl (C=O) groups is 1. The standard InChI is InChI=1S/C23H23Cl2F2N5O3/c1-12(28-16-4-5-17(25)29-19(16)21(34)35-3)14-10-13(24)11-15-18(14)30-22(31(2)20(15)33)32-8-6-23(26,27)7-9-32/h4-5,10-12,28H,6-9H2,1-3H3. The van der Waals surface area contributed by atoms with Crippen LogP contribution in [0.1, 0.15) is 41.9 Å². The van der Waals surface area contributed by atoms with Crippen molar-refractivity contribution in [2.24, 2.45) is 7.05 Å². The highest BCUT2D eigenvalue weighted by Crippen LogP contribution is 2.33. The van der Waals surface area contributed by atoms with Crippen molar-refractivity contribution in [1.82, 2.24) is 14.5 Å². The number of benzene rings is 1. The maximum atomic E-state index is 13.7. The highest BCUT2D eigenvalue weighted by atomic mass is 35.5. The molecule has 1 aliphatic rings. The van der Waals surface area contributed by atoms with E-state index in [0.717, 1.165) is 0 Å². The lowest BCUT2D eigenvalue weighted by molar-refractivity contribution is -0.0223. The lowest BCUT2D eigenvalue weighted by Gasteiger charge is -2.33. The van der Waals surface area contributed by atoms with E-state index in [1.807, 2.05) is 0 Å². The summed E-state index contributed by atoms with van der Waals surface area (Å²) < 4.78 is 33.6. The summed E-state index contributed by atoms with van der Waals surface area (Å²) in [4.78, 5) is 35.9. The summed E-state index contributed by atoms with van der Waals surface area (Å²) in [6, 6.07) is 5.83. The first-order valence-corrected chi connectivity index (χ1v) is 11.6. The number of piperidine rings is 1. The molecule has 186 valence electrons. The van der Waals surface area contributed by atoms with Gasteiger partial charge in [0.15, 0.2) is 5.69 Å². The minimum Gasteiger partial charge on any atom is -0.464 e. The molecule has 0 amide bonds. The van der Waals surface area contributed by atoms with Crippen LogP contribution in [-0.2, 0) is 11.8 Å². The second-order valence-corrected chi connectivity index (χ2v) is 9.22. The molecule has 0 radical (unpaired) electrons. The number of carbonyl (C=O) groups excluding carboxylic acids is 1. The van der Waals surface area contributed by atoms with E-state index in [-0.39, 0.29) is 47.7 Å². The maximum Gasteiger partial charge on any atom is 0.358 e. The van der Waals surface area contributed by atoms with Gasteiger partial charge in [0.1, 0.15) is 5.15 Å². The second-order valence-electron chi connectivity index (χ2n) is 8.40. The van der Waals surface area contributed by atoms with Crippen LogP contribution in [0.2, 0.25) is 10.2 Å². The fraction of sp³-hybridized carbons (Fsp3) is 0.391. The van der Waals surface area contributed by atoms with Gasteiger partial charge in [-0.15, -0.1) is 0 Å². The molecule has 12 heteroatoms. The van der Waals surface area contributed by atoms with Crippen LogP contribution >= 0.6 is 23.2 Å². The zero-order chi connectivity index (χ0) is 25.5. The highest BCUT2D eigenvalue weighted by molar-refractivity contribution is 6.31. The number of alkyl halides is 2. The van der Waals surface area contributed by atoms with Crippen LogP contribution in [0.5, 0.6) is 0 Å². The van der Waals surface area contributed by atoms with E-state index in [4.69, 9.17) is 32.9 Å². The van der Waals surface area contributed by atoms with E-state index in [1.165, 1.54) is 23.8 Å². The molecule has 1 aromatic carbocycles. The van der Waals surface area contributed by atoms with Gasteiger partial charge in [0, 0.05) is 43.6 Å². The Kier molecular flexibility index (Phi) is 6.88. The number of anilines is 2. The van der Waals surface area contributed by atoms with Crippen molar-refractivity contribution in [2.45, 2.75) is 31.7 Å². The van der Waals surface area contributed by atoms with Gasteiger partial charge in [-0.3, -0.25) is 9.36 Å². The molecule has 3 heterocycles. The number of pyridine rings is 1. The second kappa shape index (κ2) is 9.58. The van der Waals surface area contributed by atoms with Crippen molar-refractivity contribution in [1.29, 1.82) is 0 Å². The van der Waals surface area contributed by atoms with Crippen LogP contribution in [0.4, 0.5) is 20.4 Å². The van der Waals surface area contributed by atoms with Gasteiger partial charge >= 0.3 is 5.97 Å². The maximum absolute atomic E-state index is 13.7. The molecule has 1 atom stereocenters. The number of ether oxygens (including phenoxy) is 1. The number of rotatable bonds is 5. The van der Waals surface area contributed by atoms with E-state index in [9.17, 15) is 18.4 Å². The molecule has 35 heavy (non-hydrogen) atoms. The number of hydrogen-bond donors (Lipinski definition) is 1. The number of halogens is 4. The molecule has 1 unspecified atom stereocenters. The average Bonchev–Trinajstić information content (AvgIpc) is 2.82. The van der Waals surface area contributed by atoms with Gasteiger partial charge in [-0.25, -0.2) is 23.5 Å². The number of nitrogens with one attached hydrogen (secondary N) is 1. The first-order valence-electron chi connectivity index (χ1n) is 10.8. The van der Waals surface area contributed by atoms with Crippen LogP contribution in [0.15, 0.2) is 29.1 Å². The molecule has 4 rings (SSSR count). The van der Waals surface area contributed by atoms with Crippen molar-refractivity contribution in [3.8, 4) is 0 Å². The summed E-state index contributed by atoms with van der Waals surface area (Å²) in [6.45, 7) is 1.96. The zero-order valence-corrected chi connectivity index (χ0v) is 20.8. The van der Waals surface area contributed by atoms with E-state index in [2.05, 4.69) is 10.3 Å². The van der Waals surface area contributed by atoms with E-state index >= 15 is 0 Å². The molecule has 1 N–H and O–H groups in total. The van der Waals surface area contributed by atoms with E-state index < -0.39 is 17.9 Å². The number of aromatic nitrogens is 3. The highest BCUT2D eigenvalue weighted by Gasteiger charge is 2.35. The van der Waals surface area contributed by atoms with Crippen LogP contribution in [-0.4, -0.2) is 46.6 Å². The smallest absolute Gasteiger partial charge is 0.358 e. The average molecular weight is 526 g/mol. The molecule has 8 nitrogen and oxygen atoms in total. The van der Waals surface area contributed by atoms with Crippen molar-refractivity contribution in [3.05, 3.63) is 56.1 Å². The lowest BCUT2D eigenvalue weighted by atomic mass is 10.0. The molecule has 1 aliphatic heterocycles. The molecule has 1 fully saturated rings. The summed E-state index contributed by atoms with van der Waals surface area (Å²) in [5, 5.41) is 3.93. The van der Waals surface area contributed by atoms with Gasteiger partial charge < -0.3 is 15.0 Å². The fourth-order valence-electron chi connectivity index (χ4n) is 4.12. The summed E-state index contributed by atoms with van der Waals surface area (Å²) in [7, 11) is 2.79. The molecule has 0 aliphatic carbocycles. The van der Waals surface area contributed by atoms with Gasteiger partial charge in [0.2, 0.25) is 5.95 Å². The van der Waals surface area contributed by atoms with Gasteiger partial charge in [0.25, 0.3) is 11.5 Å². The normalized spacial score (nSPS) is 16.3. The van der Waals surface area contributed by atoms with Gasteiger partial charge in [-0.2, -0.15) is 0 Å². The quantitative estimate of drug-likeness (QED) is 0.376. The number of methoxy groups -OCH3 is 1. The Morgan fingerprint density at radius 2 is 1.89 bits per heavy atom. The topological polar surface area (TPSA) is 89.3 Å². The van der Waals surface area contributed by atoms with E-state index in [1.54, 1.807) is 31.0 Å². The Morgan fingerprint density at radius 1 is 1.20 bits per heavy atom.